The molecule has 0 heterocycles. The van der Waals surface area contributed by atoms with Gasteiger partial charge in [0.15, 0.2) is 11.5 Å². The molecule has 0 spiro atoms. The summed E-state index contributed by atoms with van der Waals surface area (Å²) in [6.07, 6.45) is 3.63. The van der Waals surface area contributed by atoms with Crippen LogP contribution in [-0.2, 0) is 25.6 Å². The van der Waals surface area contributed by atoms with Crippen LogP contribution in [-0.4, -0.2) is 74.1 Å². The Kier molecular flexibility index (Phi) is 13.4. The largest absolute Gasteiger partial charge is 0.490 e. The first-order chi connectivity index (χ1) is 15.0. The highest BCUT2D eigenvalue weighted by atomic mass is 32.5. The molecular formula is C22H39NO7PS+. The topological polar surface area (TPSA) is 94.5 Å². The highest BCUT2D eigenvalue weighted by molar-refractivity contribution is 8.07. The van der Waals surface area contributed by atoms with E-state index in [2.05, 4.69) is 6.92 Å². The molecule has 1 aromatic carbocycles. The molecule has 0 amide bonds. The number of carbonyl (C=O) groups is 1. The van der Waals surface area contributed by atoms with Gasteiger partial charge in [0, 0.05) is 0 Å². The number of benzene rings is 1. The summed E-state index contributed by atoms with van der Waals surface area (Å²) in [6, 6.07) is 7.59. The summed E-state index contributed by atoms with van der Waals surface area (Å²) in [5.41, 5.74) is 0. The zero-order chi connectivity index (χ0) is 24.0. The number of para-hydroxylation sites is 2. The molecule has 2 atom stereocenters. The van der Waals surface area contributed by atoms with Gasteiger partial charge in [-0.05, 0) is 43.2 Å². The van der Waals surface area contributed by atoms with Gasteiger partial charge in [-0.2, -0.15) is 0 Å². The van der Waals surface area contributed by atoms with Crippen molar-refractivity contribution in [1.29, 1.82) is 0 Å². The van der Waals surface area contributed by atoms with Crippen molar-refractivity contribution < 1.29 is 37.8 Å². The van der Waals surface area contributed by atoms with Crippen molar-refractivity contribution in [3.05, 3.63) is 24.3 Å². The van der Waals surface area contributed by atoms with Crippen molar-refractivity contribution in [2.45, 2.75) is 51.6 Å². The van der Waals surface area contributed by atoms with E-state index in [1.807, 2.05) is 45.4 Å². The normalized spacial score (nSPS) is 14.5. The number of hydrogen-bond donors (Lipinski definition) is 2. The number of quaternary nitrogens is 1. The van der Waals surface area contributed by atoms with E-state index in [-0.39, 0.29) is 13.0 Å². The Morgan fingerprint density at radius 1 is 1.03 bits per heavy atom. The fourth-order valence-electron chi connectivity index (χ4n) is 2.95. The molecule has 0 aliphatic heterocycles. The summed E-state index contributed by atoms with van der Waals surface area (Å²) in [4.78, 5) is 21.4. The van der Waals surface area contributed by atoms with Gasteiger partial charge < -0.3 is 28.5 Å². The van der Waals surface area contributed by atoms with Crippen LogP contribution in [0, 0.1) is 0 Å². The molecule has 0 radical (unpaired) electrons. The van der Waals surface area contributed by atoms with Gasteiger partial charge >= 0.3 is 12.7 Å². The Labute approximate surface area is 197 Å². The highest BCUT2D eigenvalue weighted by Crippen LogP contribution is 2.45. The minimum Gasteiger partial charge on any atom is -0.490 e. The summed E-state index contributed by atoms with van der Waals surface area (Å²) >= 11 is 5.07. The molecular weight excluding hydrogens is 453 g/mol. The highest BCUT2D eigenvalue weighted by Gasteiger charge is 2.28. The van der Waals surface area contributed by atoms with Crippen molar-refractivity contribution in [2.75, 3.05) is 47.5 Å². The first-order valence-corrected chi connectivity index (χ1v) is 13.6. The molecule has 1 rings (SSSR count). The van der Waals surface area contributed by atoms with E-state index < -0.39 is 18.8 Å². The molecule has 0 aliphatic carbocycles. The van der Waals surface area contributed by atoms with Gasteiger partial charge in [0.1, 0.15) is 12.6 Å². The van der Waals surface area contributed by atoms with Crippen molar-refractivity contribution in [3.63, 3.8) is 0 Å². The smallest absolute Gasteiger partial charge is 0.325 e. The standard InChI is InChI=1S/C22H38NO7PS/c1-5-6-9-14-27-20-12-7-8-13-21(20)28-15-10-11-16-29-31(26,32)30-19(17-22(24)25)18-23(2,3)4/h7-8,12-13,19H,5-6,9-11,14-18H2,1-4H3,(H-,24,25,26,32)/p+1/t19-,31?/m1/s1. The molecule has 1 unspecified atom stereocenters. The maximum atomic E-state index is 11.1. The monoisotopic (exact) mass is 492 g/mol. The summed E-state index contributed by atoms with van der Waals surface area (Å²) < 4.78 is 23.0. The van der Waals surface area contributed by atoms with Crippen molar-refractivity contribution in [1.82, 2.24) is 0 Å². The number of carboxylic acids is 1. The first kappa shape index (κ1) is 28.8. The third-order valence-electron chi connectivity index (χ3n) is 4.34. The molecule has 1 aromatic rings. The van der Waals surface area contributed by atoms with Crippen molar-refractivity contribution in [2.24, 2.45) is 0 Å². The van der Waals surface area contributed by atoms with Gasteiger partial charge in [-0.25, -0.2) is 0 Å². The van der Waals surface area contributed by atoms with Crippen molar-refractivity contribution >= 4 is 24.5 Å². The predicted molar refractivity (Wildman–Crippen MR) is 129 cm³/mol. The Balaban J connectivity index is 2.37. The van der Waals surface area contributed by atoms with Crippen LogP contribution in [0.2, 0.25) is 0 Å². The molecule has 8 nitrogen and oxygen atoms in total. The lowest BCUT2D eigenvalue weighted by Gasteiger charge is -2.30. The summed E-state index contributed by atoms with van der Waals surface area (Å²) in [5.74, 6) is 0.434. The molecule has 0 saturated carbocycles. The average molecular weight is 493 g/mol. The molecule has 32 heavy (non-hydrogen) atoms. The van der Waals surface area contributed by atoms with Crippen molar-refractivity contribution in [3.8, 4) is 11.5 Å². The van der Waals surface area contributed by atoms with Gasteiger partial charge in [-0.3, -0.25) is 9.32 Å². The fraction of sp³-hybridized carbons (Fsp3) is 0.682. The number of aliphatic carboxylic acids is 1. The SMILES string of the molecule is CCCCCOc1ccccc1OCCCCOP(O)(=S)O[C@H](CC(=O)O)C[N+](C)(C)C. The second-order valence-electron chi connectivity index (χ2n) is 8.66. The minimum atomic E-state index is -3.52. The molecule has 0 bridgehead atoms. The number of hydrogen-bond acceptors (Lipinski definition) is 6. The van der Waals surface area contributed by atoms with E-state index in [9.17, 15) is 9.69 Å². The summed E-state index contributed by atoms with van der Waals surface area (Å²) in [5, 5.41) is 9.08. The van der Waals surface area contributed by atoms with E-state index in [4.69, 9.17) is 35.4 Å². The maximum Gasteiger partial charge on any atom is 0.325 e. The molecule has 0 aliphatic rings. The Morgan fingerprint density at radius 3 is 2.06 bits per heavy atom. The molecule has 2 N–H and O–H groups in total. The Hall–Kier alpha value is -1.22. The van der Waals surface area contributed by atoms with E-state index in [1.165, 1.54) is 0 Å². The van der Waals surface area contributed by atoms with E-state index >= 15 is 0 Å². The van der Waals surface area contributed by atoms with E-state index in [0.717, 1.165) is 25.0 Å². The molecule has 184 valence electrons. The number of nitrogens with zero attached hydrogens (tertiary/aromatic N) is 1. The molecule has 0 saturated heterocycles. The van der Waals surface area contributed by atoms with Crippen LogP contribution in [0.3, 0.4) is 0 Å². The molecule has 0 aromatic heterocycles. The quantitative estimate of drug-likeness (QED) is 0.179. The third kappa shape index (κ3) is 14.0. The lowest BCUT2D eigenvalue weighted by molar-refractivity contribution is -0.873. The van der Waals surface area contributed by atoms with Gasteiger partial charge in [-0.1, -0.05) is 31.9 Å². The number of likely N-dealkylation sites (N-methyl/N-ethyl adjacent to an activating group) is 1. The molecule has 0 fully saturated rings. The van der Waals surface area contributed by atoms with Crippen LogP contribution < -0.4 is 9.47 Å². The van der Waals surface area contributed by atoms with E-state index in [1.54, 1.807) is 0 Å². The van der Waals surface area contributed by atoms with E-state index in [0.29, 0.717) is 42.8 Å². The van der Waals surface area contributed by atoms with Crippen LogP contribution in [0.5, 0.6) is 11.5 Å². The first-order valence-electron chi connectivity index (χ1n) is 11.0. The number of unbranched alkanes of at least 4 members (excludes halogenated alkanes) is 3. The Morgan fingerprint density at radius 2 is 1.56 bits per heavy atom. The van der Waals surface area contributed by atoms with Gasteiger partial charge in [0.2, 0.25) is 0 Å². The fourth-order valence-corrected chi connectivity index (χ4v) is 4.48. The zero-order valence-corrected chi connectivity index (χ0v) is 21.4. The third-order valence-corrected chi connectivity index (χ3v) is 5.99. The zero-order valence-electron chi connectivity index (χ0n) is 19.7. The number of rotatable bonds is 18. The van der Waals surface area contributed by atoms with Crippen LogP contribution in [0.4, 0.5) is 0 Å². The van der Waals surface area contributed by atoms with Crippen LogP contribution in [0.15, 0.2) is 24.3 Å². The summed E-state index contributed by atoms with van der Waals surface area (Å²) in [7, 11) is 5.73. The second-order valence-corrected chi connectivity index (χ2v) is 11.4. The average Bonchev–Trinajstić information content (AvgIpc) is 2.66. The van der Waals surface area contributed by atoms with Crippen LogP contribution in [0.25, 0.3) is 0 Å². The van der Waals surface area contributed by atoms with Gasteiger partial charge in [0.05, 0.1) is 47.4 Å². The van der Waals surface area contributed by atoms with Gasteiger partial charge in [-0.15, -0.1) is 0 Å². The molecule has 10 heteroatoms. The second kappa shape index (κ2) is 14.8. The summed E-state index contributed by atoms with van der Waals surface area (Å²) in [6.45, 7) is 0.361. The van der Waals surface area contributed by atoms with Gasteiger partial charge in [0.25, 0.3) is 0 Å². The predicted octanol–water partition coefficient (Wildman–Crippen LogP) is 4.21. The lowest BCUT2D eigenvalue weighted by Crippen LogP contribution is -2.42. The number of carboxylic acid groups (broad SMARTS) is 1. The Bertz CT molecular complexity index is 726. The number of ether oxygens (including phenoxy) is 2. The maximum absolute atomic E-state index is 11.1. The minimum absolute atomic E-state index is 0.205. The van der Waals surface area contributed by atoms with Crippen LogP contribution >= 0.6 is 6.72 Å². The lowest BCUT2D eigenvalue weighted by atomic mass is 10.2. The van der Waals surface area contributed by atoms with Crippen LogP contribution in [0.1, 0.15) is 45.4 Å².